The van der Waals surface area contributed by atoms with Crippen LogP contribution < -0.4 is 15.1 Å². The highest BCUT2D eigenvalue weighted by atomic mass is 79.9. The molecule has 2 bridgehead atoms. The van der Waals surface area contributed by atoms with Crippen molar-refractivity contribution in [3.8, 4) is 5.75 Å². The summed E-state index contributed by atoms with van der Waals surface area (Å²) in [5.74, 6) is -1.86. The minimum atomic E-state index is -1.06. The Morgan fingerprint density at radius 2 is 1.49 bits per heavy atom. The lowest BCUT2D eigenvalue weighted by atomic mass is 9.47. The molecule has 41 heavy (non-hydrogen) atoms. The number of hydrogen-bond donors (Lipinski definition) is 1. The highest BCUT2D eigenvalue weighted by Crippen LogP contribution is 2.63. The highest BCUT2D eigenvalue weighted by Gasteiger charge is 2.68. The average Bonchev–Trinajstić information content (AvgIpc) is 3.28. The number of rotatable bonds is 5. The molecule has 3 amide bonds. The molecule has 202 valence electrons. The third-order valence-electron chi connectivity index (χ3n) is 8.56. The van der Waals surface area contributed by atoms with Gasteiger partial charge in [0.2, 0.25) is 11.8 Å². The van der Waals surface area contributed by atoms with Gasteiger partial charge in [-0.3, -0.25) is 14.4 Å². The van der Waals surface area contributed by atoms with E-state index in [-0.39, 0.29) is 17.7 Å². The normalized spacial score (nSPS) is 23.8. The minimum Gasteiger partial charge on any atom is -0.497 e. The molecule has 3 aliphatic carbocycles. The van der Waals surface area contributed by atoms with Gasteiger partial charge < -0.3 is 4.74 Å². The molecular formula is C33H24BrN3O4. The second-order valence-corrected chi connectivity index (χ2v) is 11.4. The monoisotopic (exact) mass is 605 g/mol. The van der Waals surface area contributed by atoms with E-state index in [1.807, 2.05) is 60.7 Å². The van der Waals surface area contributed by atoms with Crippen molar-refractivity contribution < 1.29 is 19.1 Å². The molecule has 2 atom stereocenters. The number of amides is 3. The number of benzene rings is 4. The van der Waals surface area contributed by atoms with Gasteiger partial charge in [-0.05, 0) is 70.8 Å². The summed E-state index contributed by atoms with van der Waals surface area (Å²) in [5, 5.41) is 4.46. The van der Waals surface area contributed by atoms with Crippen molar-refractivity contribution in [2.75, 3.05) is 12.0 Å². The molecule has 0 spiro atoms. The third kappa shape index (κ3) is 3.63. The second kappa shape index (κ2) is 9.52. The van der Waals surface area contributed by atoms with Gasteiger partial charge in [0.05, 0.1) is 30.0 Å². The molecule has 0 unspecified atom stereocenters. The number of anilines is 1. The van der Waals surface area contributed by atoms with E-state index in [0.717, 1.165) is 26.7 Å². The summed E-state index contributed by atoms with van der Waals surface area (Å²) in [6.07, 6.45) is 1.66. The zero-order valence-corrected chi connectivity index (χ0v) is 23.5. The molecule has 1 N–H and O–H groups in total. The summed E-state index contributed by atoms with van der Waals surface area (Å²) in [6, 6.07) is 29.8. The van der Waals surface area contributed by atoms with Gasteiger partial charge in [-0.25, -0.2) is 10.3 Å². The zero-order valence-electron chi connectivity index (χ0n) is 22.0. The molecular weight excluding hydrogens is 582 g/mol. The molecule has 1 heterocycles. The lowest BCUT2D eigenvalue weighted by Gasteiger charge is -2.52. The van der Waals surface area contributed by atoms with E-state index in [1.165, 1.54) is 4.90 Å². The van der Waals surface area contributed by atoms with Crippen molar-refractivity contribution in [1.29, 1.82) is 0 Å². The Morgan fingerprint density at radius 1 is 0.878 bits per heavy atom. The predicted octanol–water partition coefficient (Wildman–Crippen LogP) is 5.42. The Hall–Kier alpha value is -4.56. The highest BCUT2D eigenvalue weighted by molar-refractivity contribution is 9.10. The van der Waals surface area contributed by atoms with Crippen LogP contribution in [0.1, 0.15) is 38.5 Å². The van der Waals surface area contributed by atoms with Crippen LogP contribution >= 0.6 is 15.9 Å². The van der Waals surface area contributed by atoms with Crippen molar-refractivity contribution in [3.63, 3.8) is 0 Å². The van der Waals surface area contributed by atoms with Gasteiger partial charge in [0.1, 0.15) is 5.75 Å². The number of methoxy groups -OCH3 is 1. The van der Waals surface area contributed by atoms with E-state index in [1.54, 1.807) is 49.7 Å². The Labute approximate surface area is 245 Å². The molecule has 1 fully saturated rings. The second-order valence-electron chi connectivity index (χ2n) is 10.4. The number of imide groups is 1. The maximum Gasteiger partial charge on any atom is 0.271 e. The first-order chi connectivity index (χ1) is 20.0. The molecule has 4 aromatic carbocycles. The van der Waals surface area contributed by atoms with E-state index in [9.17, 15) is 14.4 Å². The topological polar surface area (TPSA) is 88.1 Å². The summed E-state index contributed by atoms with van der Waals surface area (Å²) in [4.78, 5) is 42.9. The van der Waals surface area contributed by atoms with E-state index < -0.39 is 23.2 Å². The van der Waals surface area contributed by atoms with Gasteiger partial charge in [-0.2, -0.15) is 5.10 Å². The number of halogens is 1. The number of nitrogens with one attached hydrogen (secondary N) is 1. The summed E-state index contributed by atoms with van der Waals surface area (Å²) in [5.41, 5.74) is 6.38. The van der Waals surface area contributed by atoms with Gasteiger partial charge in [0.25, 0.3) is 5.91 Å². The van der Waals surface area contributed by atoms with Crippen molar-refractivity contribution in [3.05, 3.63) is 129 Å². The molecule has 0 saturated carbocycles. The average molecular weight is 606 g/mol. The zero-order chi connectivity index (χ0) is 28.3. The fraction of sp³-hybridized carbons (Fsp3) is 0.152. The summed E-state index contributed by atoms with van der Waals surface area (Å²) < 4.78 is 6.04. The lowest BCUT2D eigenvalue weighted by molar-refractivity contribution is -0.122. The van der Waals surface area contributed by atoms with Crippen LogP contribution in [0.5, 0.6) is 5.75 Å². The van der Waals surface area contributed by atoms with E-state index >= 15 is 0 Å². The Morgan fingerprint density at radius 3 is 2.10 bits per heavy atom. The van der Waals surface area contributed by atoms with Gasteiger partial charge in [0, 0.05) is 22.2 Å². The number of carbonyl (C=O) groups excluding carboxylic acids is 3. The molecule has 1 aliphatic heterocycles. The van der Waals surface area contributed by atoms with Crippen molar-refractivity contribution in [2.24, 2.45) is 16.9 Å². The quantitative estimate of drug-likeness (QED) is 0.187. The number of carbonyl (C=O) groups is 3. The molecule has 8 rings (SSSR count). The molecule has 0 radical (unpaired) electrons. The Kier molecular flexibility index (Phi) is 5.90. The molecule has 1 saturated heterocycles. The minimum absolute atomic E-state index is 0.226. The van der Waals surface area contributed by atoms with Crippen LogP contribution in [-0.2, 0) is 15.0 Å². The maximum atomic E-state index is 14.4. The van der Waals surface area contributed by atoms with Crippen LogP contribution in [0.4, 0.5) is 5.69 Å². The Balaban J connectivity index is 1.37. The largest absolute Gasteiger partial charge is 0.497 e. The molecule has 0 aromatic heterocycles. The van der Waals surface area contributed by atoms with Crippen molar-refractivity contribution in [2.45, 2.75) is 11.3 Å². The standard InChI is InChI=1S/C33H24BrN3O4/c1-41-22-16-10-19(11-17-22)30(38)36-35-18-33-25-8-4-2-6-23(25)27(24-7-3-5-9-26(24)33)28-29(33)32(40)37(31(28)39)21-14-12-20(34)13-15-21/h2-18,27-29H,1H3,(H,36,38)/b35-18+/t27?,28-,29-,33?/m0/s1. The van der Waals surface area contributed by atoms with Crippen LogP contribution in [-0.4, -0.2) is 31.0 Å². The lowest BCUT2D eigenvalue weighted by Crippen LogP contribution is -2.54. The first-order valence-electron chi connectivity index (χ1n) is 13.3. The molecule has 4 aromatic rings. The molecule has 7 nitrogen and oxygen atoms in total. The van der Waals surface area contributed by atoms with E-state index in [0.29, 0.717) is 17.0 Å². The smallest absolute Gasteiger partial charge is 0.271 e. The third-order valence-corrected chi connectivity index (χ3v) is 9.08. The summed E-state index contributed by atoms with van der Waals surface area (Å²) in [7, 11) is 1.56. The fourth-order valence-electron chi connectivity index (χ4n) is 6.89. The molecule has 8 heteroatoms. The van der Waals surface area contributed by atoms with E-state index in [4.69, 9.17) is 4.74 Å². The Bertz CT molecular complexity index is 1700. The van der Waals surface area contributed by atoms with Crippen LogP contribution in [0.15, 0.2) is 107 Å². The van der Waals surface area contributed by atoms with Crippen molar-refractivity contribution >= 4 is 45.6 Å². The number of hydrogen-bond acceptors (Lipinski definition) is 5. The first kappa shape index (κ1) is 25.4. The predicted molar refractivity (Wildman–Crippen MR) is 158 cm³/mol. The van der Waals surface area contributed by atoms with Crippen LogP contribution in [0.3, 0.4) is 0 Å². The van der Waals surface area contributed by atoms with Gasteiger partial charge in [-0.1, -0.05) is 64.5 Å². The summed E-state index contributed by atoms with van der Waals surface area (Å²) in [6.45, 7) is 0. The van der Waals surface area contributed by atoms with Crippen LogP contribution in [0.25, 0.3) is 0 Å². The van der Waals surface area contributed by atoms with E-state index in [2.05, 4.69) is 26.5 Å². The van der Waals surface area contributed by atoms with Crippen LogP contribution in [0, 0.1) is 11.8 Å². The first-order valence-corrected chi connectivity index (χ1v) is 14.1. The van der Waals surface area contributed by atoms with Gasteiger partial charge >= 0.3 is 0 Å². The number of hydrazone groups is 1. The SMILES string of the molecule is COc1ccc(C(=O)N/N=C/C23c4ccccc4C(c4ccccc42)[C@@H]2C(=O)N(c4ccc(Br)cc4)C(=O)[C@H]23)cc1. The number of nitrogens with zero attached hydrogens (tertiary/aromatic N) is 2. The maximum absolute atomic E-state index is 14.4. The molecule has 4 aliphatic rings. The van der Waals surface area contributed by atoms with Crippen LogP contribution in [0.2, 0.25) is 0 Å². The summed E-state index contributed by atoms with van der Waals surface area (Å²) >= 11 is 3.44. The van der Waals surface area contributed by atoms with Crippen molar-refractivity contribution in [1.82, 2.24) is 5.43 Å². The fourth-order valence-corrected chi connectivity index (χ4v) is 7.16. The number of ether oxygens (including phenoxy) is 1. The van der Waals surface area contributed by atoms with Gasteiger partial charge in [-0.15, -0.1) is 0 Å². The van der Waals surface area contributed by atoms with Gasteiger partial charge in [0.15, 0.2) is 0 Å².